The van der Waals surface area contributed by atoms with Crippen LogP contribution in [-0.4, -0.2) is 45.9 Å². The summed E-state index contributed by atoms with van der Waals surface area (Å²) >= 11 is 5.99. The van der Waals surface area contributed by atoms with E-state index in [4.69, 9.17) is 11.6 Å². The molecule has 0 unspecified atom stereocenters. The number of halogens is 1. The Morgan fingerprint density at radius 3 is 2.44 bits per heavy atom. The van der Waals surface area contributed by atoms with Gasteiger partial charge in [0.2, 0.25) is 5.91 Å². The molecule has 0 radical (unpaired) electrons. The Kier molecular flexibility index (Phi) is 6.42. The number of likely N-dealkylation sites (tertiary alicyclic amines) is 1. The Bertz CT molecular complexity index is 1120. The zero-order valence-electron chi connectivity index (χ0n) is 18.3. The molecule has 2 aromatic carbocycles. The molecule has 2 amide bonds. The summed E-state index contributed by atoms with van der Waals surface area (Å²) in [5.41, 5.74) is 2.37. The first-order valence-electron chi connectivity index (χ1n) is 11.0. The molecule has 1 aromatic heterocycles. The highest BCUT2D eigenvalue weighted by molar-refractivity contribution is 6.30. The molecule has 0 bridgehead atoms. The number of aromatic nitrogens is 1. The number of aromatic amines is 1. The summed E-state index contributed by atoms with van der Waals surface area (Å²) < 4.78 is 0. The summed E-state index contributed by atoms with van der Waals surface area (Å²) in [6, 6.07) is 13.9. The summed E-state index contributed by atoms with van der Waals surface area (Å²) in [5.74, 6) is 0.126. The number of hydrogen-bond donors (Lipinski definition) is 3. The van der Waals surface area contributed by atoms with Crippen molar-refractivity contribution < 1.29 is 14.7 Å². The molecule has 2 heterocycles. The second kappa shape index (κ2) is 9.25. The quantitative estimate of drug-likeness (QED) is 0.524. The molecule has 6 nitrogen and oxygen atoms in total. The van der Waals surface area contributed by atoms with Gasteiger partial charge in [0.25, 0.3) is 5.91 Å². The third-order valence-corrected chi connectivity index (χ3v) is 6.47. The van der Waals surface area contributed by atoms with E-state index >= 15 is 0 Å². The molecule has 1 aliphatic heterocycles. The second-order valence-electron chi connectivity index (χ2n) is 8.80. The van der Waals surface area contributed by atoms with Gasteiger partial charge < -0.3 is 20.3 Å². The number of hydrogen-bond acceptors (Lipinski definition) is 3. The fourth-order valence-electron chi connectivity index (χ4n) is 4.34. The minimum atomic E-state index is -0.602. The van der Waals surface area contributed by atoms with Gasteiger partial charge in [0.05, 0.1) is 0 Å². The first-order valence-corrected chi connectivity index (χ1v) is 11.4. The number of amides is 2. The van der Waals surface area contributed by atoms with Gasteiger partial charge in [-0.05, 0) is 66.6 Å². The van der Waals surface area contributed by atoms with Crippen molar-refractivity contribution in [2.24, 2.45) is 5.92 Å². The van der Waals surface area contributed by atoms with Gasteiger partial charge in [0.15, 0.2) is 0 Å². The van der Waals surface area contributed by atoms with Crippen molar-refractivity contribution in [3.05, 3.63) is 64.8 Å². The number of rotatable bonds is 5. The molecule has 1 fully saturated rings. The van der Waals surface area contributed by atoms with Crippen molar-refractivity contribution in [3.63, 3.8) is 0 Å². The van der Waals surface area contributed by atoms with Crippen LogP contribution in [0.2, 0.25) is 5.02 Å². The summed E-state index contributed by atoms with van der Waals surface area (Å²) in [5, 5.41) is 14.0. The predicted molar refractivity (Wildman–Crippen MR) is 126 cm³/mol. The lowest BCUT2D eigenvalue weighted by atomic mass is 9.89. The fraction of sp³-hybridized carbons (Fsp3) is 0.360. The van der Waals surface area contributed by atoms with Gasteiger partial charge in [-0.25, -0.2) is 0 Å². The van der Waals surface area contributed by atoms with Crippen molar-refractivity contribution >= 4 is 34.3 Å². The van der Waals surface area contributed by atoms with E-state index in [9.17, 15) is 14.7 Å². The van der Waals surface area contributed by atoms with E-state index in [2.05, 4.69) is 22.4 Å². The predicted octanol–water partition coefficient (Wildman–Crippen LogP) is 4.69. The summed E-state index contributed by atoms with van der Waals surface area (Å²) in [6.45, 7) is 5.20. The number of nitrogens with zero attached hydrogens (tertiary/aromatic N) is 1. The highest BCUT2D eigenvalue weighted by Crippen LogP contribution is 2.29. The minimum Gasteiger partial charge on any atom is -0.508 e. The van der Waals surface area contributed by atoms with E-state index in [0.717, 1.165) is 28.8 Å². The number of carbonyl (C=O) groups is 2. The maximum atomic E-state index is 13.3. The van der Waals surface area contributed by atoms with Gasteiger partial charge in [-0.2, -0.15) is 0 Å². The Hall–Kier alpha value is -2.99. The number of phenols is 1. The smallest absolute Gasteiger partial charge is 0.268 e. The van der Waals surface area contributed by atoms with Gasteiger partial charge in [0.1, 0.15) is 17.5 Å². The first-order chi connectivity index (χ1) is 15.3. The summed E-state index contributed by atoms with van der Waals surface area (Å²) in [7, 11) is 0. The van der Waals surface area contributed by atoms with Crippen LogP contribution < -0.4 is 5.32 Å². The van der Waals surface area contributed by atoms with Crippen LogP contribution in [0, 0.1) is 5.92 Å². The van der Waals surface area contributed by atoms with E-state index in [0.29, 0.717) is 24.7 Å². The molecular formula is C25H28ClN3O3. The number of aromatic hydroxyl groups is 1. The van der Waals surface area contributed by atoms with Crippen LogP contribution in [-0.2, 0) is 4.79 Å². The third kappa shape index (κ3) is 4.75. The van der Waals surface area contributed by atoms with Crippen LogP contribution in [0.1, 0.15) is 48.7 Å². The van der Waals surface area contributed by atoms with Gasteiger partial charge >= 0.3 is 0 Å². The van der Waals surface area contributed by atoms with Gasteiger partial charge in [-0.15, -0.1) is 0 Å². The maximum absolute atomic E-state index is 13.3. The number of fused-ring (bicyclic) bond motifs is 1. The van der Waals surface area contributed by atoms with Crippen molar-refractivity contribution in [1.29, 1.82) is 0 Å². The number of benzene rings is 2. The lowest BCUT2D eigenvalue weighted by molar-refractivity contribution is -0.135. The molecule has 1 aliphatic rings. The van der Waals surface area contributed by atoms with E-state index in [1.807, 2.05) is 30.9 Å². The van der Waals surface area contributed by atoms with E-state index in [-0.39, 0.29) is 23.5 Å². The molecule has 1 saturated heterocycles. The molecule has 4 rings (SSSR count). The molecule has 32 heavy (non-hydrogen) atoms. The average molecular weight is 454 g/mol. The normalized spacial score (nSPS) is 15.8. The van der Waals surface area contributed by atoms with Crippen molar-refractivity contribution in [2.45, 2.75) is 38.6 Å². The monoisotopic (exact) mass is 453 g/mol. The van der Waals surface area contributed by atoms with E-state index < -0.39 is 6.04 Å². The zero-order valence-corrected chi connectivity index (χ0v) is 19.0. The number of nitrogens with one attached hydrogen (secondary N) is 2. The number of phenolic OH excluding ortho intramolecular Hbond substituents is 1. The minimum absolute atomic E-state index is 0.0448. The molecule has 0 spiro atoms. The largest absolute Gasteiger partial charge is 0.508 e. The highest BCUT2D eigenvalue weighted by atomic mass is 35.5. The highest BCUT2D eigenvalue weighted by Gasteiger charge is 2.32. The van der Waals surface area contributed by atoms with Crippen molar-refractivity contribution in [3.8, 4) is 5.75 Å². The summed E-state index contributed by atoms with van der Waals surface area (Å²) in [4.78, 5) is 31.1. The molecule has 3 N–H and O–H groups in total. The molecule has 1 atom stereocenters. The number of carbonyl (C=O) groups excluding carboxylic acids is 2. The number of H-pyrrole nitrogens is 1. The average Bonchev–Trinajstić information content (AvgIpc) is 3.21. The molecule has 168 valence electrons. The SMILES string of the molecule is CC(C)[C@@H](NC(=O)c1cc2cc(O)ccc2[nH]1)C(=O)N1CCC(c2ccc(Cl)cc2)CC1. The van der Waals surface area contributed by atoms with Crippen LogP contribution in [0.15, 0.2) is 48.5 Å². The van der Waals surface area contributed by atoms with Crippen LogP contribution >= 0.6 is 11.6 Å². The zero-order chi connectivity index (χ0) is 22.8. The number of piperidine rings is 1. The molecule has 0 saturated carbocycles. The Balaban J connectivity index is 1.41. The Morgan fingerprint density at radius 1 is 1.09 bits per heavy atom. The summed E-state index contributed by atoms with van der Waals surface area (Å²) in [6.07, 6.45) is 1.77. The molecule has 0 aliphatic carbocycles. The van der Waals surface area contributed by atoms with E-state index in [1.165, 1.54) is 5.56 Å². The van der Waals surface area contributed by atoms with Crippen LogP contribution in [0.5, 0.6) is 5.75 Å². The third-order valence-electron chi connectivity index (χ3n) is 6.22. The molecule has 7 heteroatoms. The Labute approximate surface area is 192 Å². The molecule has 3 aromatic rings. The Morgan fingerprint density at radius 2 is 1.78 bits per heavy atom. The van der Waals surface area contributed by atoms with Crippen LogP contribution in [0.4, 0.5) is 0 Å². The fourth-order valence-corrected chi connectivity index (χ4v) is 4.47. The lowest BCUT2D eigenvalue weighted by Gasteiger charge is -2.35. The van der Waals surface area contributed by atoms with Crippen molar-refractivity contribution in [2.75, 3.05) is 13.1 Å². The second-order valence-corrected chi connectivity index (χ2v) is 9.24. The van der Waals surface area contributed by atoms with Crippen molar-refractivity contribution in [1.82, 2.24) is 15.2 Å². The van der Waals surface area contributed by atoms with Crippen LogP contribution in [0.3, 0.4) is 0 Å². The lowest BCUT2D eigenvalue weighted by Crippen LogP contribution is -2.52. The van der Waals surface area contributed by atoms with E-state index in [1.54, 1.807) is 24.3 Å². The van der Waals surface area contributed by atoms with Crippen LogP contribution in [0.25, 0.3) is 10.9 Å². The van der Waals surface area contributed by atoms with Gasteiger partial charge in [-0.1, -0.05) is 37.6 Å². The standard InChI is InChI=1S/C25H28ClN3O3/c1-15(2)23(28-24(31)22-14-18-13-20(30)7-8-21(18)27-22)25(32)29-11-9-17(10-12-29)16-3-5-19(26)6-4-16/h3-8,13-15,17,23,27,30H,9-12H2,1-2H3,(H,28,31)/t23-/m1/s1. The van der Waals surface area contributed by atoms with Gasteiger partial charge in [-0.3, -0.25) is 9.59 Å². The molecular weight excluding hydrogens is 426 g/mol. The van der Waals surface area contributed by atoms with Gasteiger partial charge in [0, 0.05) is 29.0 Å². The topological polar surface area (TPSA) is 85.4 Å². The maximum Gasteiger partial charge on any atom is 0.268 e. The first kappa shape index (κ1) is 22.2.